The van der Waals surface area contributed by atoms with Crippen molar-refractivity contribution in [2.24, 2.45) is 0 Å². The molecule has 2 aliphatic heterocycles. The van der Waals surface area contributed by atoms with Crippen molar-refractivity contribution in [1.29, 1.82) is 0 Å². The third-order valence-corrected chi connectivity index (χ3v) is 145. The first-order valence-electron chi connectivity index (χ1n) is 36.1. The monoisotopic (exact) mass is 1650 g/mol. The molecule has 8 aromatic rings. The molecule has 8 atom stereocenters. The summed E-state index contributed by atoms with van der Waals surface area (Å²) in [5.41, 5.74) is 28.1. The van der Waals surface area contributed by atoms with Gasteiger partial charge in [-0.25, -0.2) is 0 Å². The van der Waals surface area contributed by atoms with Gasteiger partial charge in [0.15, 0.2) is 0 Å². The molecule has 8 unspecified atom stereocenters. The Hall–Kier alpha value is -7.36. The molecule has 2 saturated heterocycles. The van der Waals surface area contributed by atoms with Crippen molar-refractivity contribution < 1.29 is 14.7 Å². The summed E-state index contributed by atoms with van der Waals surface area (Å²) in [6, 6.07) is 68.9. The molecule has 0 aromatic heterocycles. The molecule has 506 valence electrons. The number of halogens is 6. The zero-order valence-corrected chi connectivity index (χ0v) is 68.7. The van der Waals surface area contributed by atoms with Gasteiger partial charge in [-0.15, -0.1) is 0 Å². The van der Waals surface area contributed by atoms with Crippen LogP contribution in [-0.4, -0.2) is 17.6 Å². The third kappa shape index (κ3) is 8.10. The molecule has 5 spiro atoms. The van der Waals surface area contributed by atoms with Crippen LogP contribution >= 0.6 is 63.6 Å². The van der Waals surface area contributed by atoms with Crippen molar-refractivity contribution in [1.82, 2.24) is 0 Å². The van der Waals surface area contributed by atoms with Gasteiger partial charge in [0.25, 0.3) is 0 Å². The van der Waals surface area contributed by atoms with Gasteiger partial charge in [-0.1, -0.05) is 0 Å². The van der Waals surface area contributed by atoms with Gasteiger partial charge >= 0.3 is 641 Å². The number of fused-ring (bicyclic) bond motifs is 8. The molecule has 8 aliphatic carbocycles. The van der Waals surface area contributed by atoms with Gasteiger partial charge in [0.2, 0.25) is 0 Å². The molecule has 2 heterocycles. The molecule has 8 aromatic carbocycles. The molecular formula is C94H76Cl6HfSi2. The fourth-order valence-electron chi connectivity index (χ4n) is 24.2. The second kappa shape index (κ2) is 24.1. The van der Waals surface area contributed by atoms with Crippen molar-refractivity contribution in [3.8, 4) is 44.5 Å². The van der Waals surface area contributed by atoms with E-state index in [1.165, 1.54) is 66.9 Å². The van der Waals surface area contributed by atoms with E-state index >= 15 is 0 Å². The summed E-state index contributed by atoms with van der Waals surface area (Å²) < 4.78 is -3.37. The third-order valence-electron chi connectivity index (χ3n) is 26.9. The van der Waals surface area contributed by atoms with Crippen LogP contribution in [-0.2, 0) is 14.7 Å². The minimum absolute atomic E-state index is 0.190. The molecule has 9 heteroatoms. The van der Waals surface area contributed by atoms with Crippen molar-refractivity contribution in [3.05, 3.63) is 425 Å². The number of allylic oxidation sites excluding steroid dienone is 32. The molecule has 10 aliphatic rings. The molecule has 0 radical (unpaired) electrons. The summed E-state index contributed by atoms with van der Waals surface area (Å²) in [6.45, 7) is 15.3. The van der Waals surface area contributed by atoms with Crippen molar-refractivity contribution >= 4 is 81.2 Å². The molecule has 2 fully saturated rings. The normalized spacial score (nSPS) is 29.5. The molecule has 0 bridgehead atoms. The average molecular weight is 1650 g/mol. The molecule has 0 amide bonds. The van der Waals surface area contributed by atoms with Gasteiger partial charge < -0.3 is 0 Å². The van der Waals surface area contributed by atoms with E-state index in [4.69, 9.17) is 46.4 Å². The van der Waals surface area contributed by atoms with E-state index in [1.54, 1.807) is 0 Å². The predicted molar refractivity (Wildman–Crippen MR) is 443 cm³/mol. The summed E-state index contributed by atoms with van der Waals surface area (Å²) in [5.74, 6) is -0.760. The van der Waals surface area contributed by atoms with Gasteiger partial charge in [0.05, 0.1) is 0 Å². The zero-order valence-electron chi connectivity index (χ0n) is 58.3. The van der Waals surface area contributed by atoms with Crippen LogP contribution in [0.1, 0.15) is 73.6 Å². The second-order valence-electron chi connectivity index (χ2n) is 30.3. The number of hydrogen-bond acceptors (Lipinski definition) is 0. The van der Waals surface area contributed by atoms with E-state index in [2.05, 4.69) is 356 Å². The van der Waals surface area contributed by atoms with Crippen LogP contribution in [0, 0.1) is 0 Å². The second-order valence-corrected chi connectivity index (χ2v) is 86.3. The van der Waals surface area contributed by atoms with Gasteiger partial charge in [-0.05, 0) is 0 Å². The Morgan fingerprint density at radius 3 is 0.709 bits per heavy atom. The van der Waals surface area contributed by atoms with Gasteiger partial charge in [0.1, 0.15) is 0 Å². The van der Waals surface area contributed by atoms with E-state index in [9.17, 15) is 17.2 Å². The fourth-order valence-corrected chi connectivity index (χ4v) is 197. The molecule has 18 rings (SSSR count). The number of benzene rings is 8. The SMILES string of the molecule is CC1=CC2=C(C=CC=CC2c2ccc(-c3ccccc3)c(Cl)c2)[C]12[SiH](C)[C]1(C(C)=CC3=C1C=CC=CC3c1ccc(-c3ccccc3)c(Cl)c1)[Hf]21([Cl])([Cl])[C]2(C(C)=CC3=C2C=CC=CC3c2ccc(-c3ccccc3)c(Cl)c2)[SiH](C)[C]12C(C)=CC1=C2C=CC=CC1c1ccc(-c2ccccc2)c(Cl)c1. The van der Waals surface area contributed by atoms with Gasteiger partial charge in [0, 0.05) is 0 Å². The maximum absolute atomic E-state index is 11.6. The average Bonchev–Trinajstić information content (AvgIpc) is 1.52. The molecular weight excluding hydrogens is 1580 g/mol. The van der Waals surface area contributed by atoms with E-state index in [1.807, 2.05) is 0 Å². The minimum atomic E-state index is -8.05. The Bertz CT molecular complexity index is 4940. The van der Waals surface area contributed by atoms with Crippen LogP contribution in [0.15, 0.2) is 383 Å². The Labute approximate surface area is 634 Å². The van der Waals surface area contributed by atoms with Crippen LogP contribution < -0.4 is 0 Å². The molecule has 103 heavy (non-hydrogen) atoms. The van der Waals surface area contributed by atoms with Crippen LogP contribution in [0.5, 0.6) is 0 Å². The Kier molecular flexibility index (Phi) is 15.8. The van der Waals surface area contributed by atoms with Crippen LogP contribution in [0.4, 0.5) is 0 Å². The molecule has 0 nitrogen and oxygen atoms in total. The van der Waals surface area contributed by atoms with Crippen LogP contribution in [0.25, 0.3) is 44.5 Å². The van der Waals surface area contributed by atoms with Crippen molar-refractivity contribution in [3.63, 3.8) is 0 Å². The first-order chi connectivity index (χ1) is 49.9. The Balaban J connectivity index is 0.969. The predicted octanol–water partition coefficient (Wildman–Crippen LogP) is 28.0. The number of hydrogen-bond donors (Lipinski definition) is 0. The fraction of sp³-hybridized carbons (Fsp3) is 0.149. The van der Waals surface area contributed by atoms with Gasteiger partial charge in [-0.2, -0.15) is 0 Å². The summed E-state index contributed by atoms with van der Waals surface area (Å²) in [5, 5.41) is 2.86. The number of rotatable bonds is 8. The molecule has 0 saturated carbocycles. The maximum atomic E-state index is 11.6. The van der Waals surface area contributed by atoms with E-state index in [0.29, 0.717) is 20.1 Å². The summed E-state index contributed by atoms with van der Waals surface area (Å²) >= 11 is 22.3. The van der Waals surface area contributed by atoms with Gasteiger partial charge in [-0.3, -0.25) is 0 Å². The Morgan fingerprint density at radius 1 is 0.291 bits per heavy atom. The van der Waals surface area contributed by atoms with Crippen LogP contribution in [0.3, 0.4) is 0 Å². The Morgan fingerprint density at radius 2 is 0.505 bits per heavy atom. The van der Waals surface area contributed by atoms with E-state index in [-0.39, 0.29) is 23.7 Å². The first-order valence-corrected chi connectivity index (χ1v) is 58.4. The summed E-state index contributed by atoms with van der Waals surface area (Å²) in [4.78, 5) is 0. The van der Waals surface area contributed by atoms with Crippen LogP contribution in [0.2, 0.25) is 44.4 Å². The van der Waals surface area contributed by atoms with E-state index in [0.717, 1.165) is 66.8 Å². The first kappa shape index (κ1) is 67.5. The van der Waals surface area contributed by atoms with E-state index < -0.39 is 43.4 Å². The quantitative estimate of drug-likeness (QED) is 0.133. The summed E-state index contributed by atoms with van der Waals surface area (Å²) in [6.07, 6.45) is 48.3. The summed E-state index contributed by atoms with van der Waals surface area (Å²) in [7, 11) is 17.7. The topological polar surface area (TPSA) is 0 Å². The zero-order chi connectivity index (χ0) is 70.8. The van der Waals surface area contributed by atoms with Crippen molar-refractivity contribution in [2.45, 2.75) is 75.6 Å². The van der Waals surface area contributed by atoms with Crippen molar-refractivity contribution in [2.75, 3.05) is 0 Å². The standard InChI is InChI=1S/2C47H38Cl2Si.2ClH.Hf/c2*1-30-26-42-36(34-22-24-38(44(48)28-34)32-14-6-4-7-15-32)18-10-12-20-40(42)46(30)50(3)47-31(2)27-43-37(19-11-13-21-41(43)47)35-23-25-39(45(49)29-35)33-16-8-5-9-17-33;;;/h2*4-29,36-37,50H,1-3H3;2*1H;/q;;;;+2/p-2. The molecule has 0 N–H and O–H groups in total.